The highest BCUT2D eigenvalue weighted by atomic mass is 16.5. The molecule has 1 atom stereocenters. The van der Waals surface area contributed by atoms with E-state index in [4.69, 9.17) is 9.47 Å². The normalized spacial score (nSPS) is 11.5. The number of para-hydroxylation sites is 3. The number of hydrogen-bond donors (Lipinski definition) is 1. The molecular weight excluding hydrogens is 382 g/mol. The number of carbonyl (C=O) groups is 2. The third-order valence-corrected chi connectivity index (χ3v) is 4.40. The summed E-state index contributed by atoms with van der Waals surface area (Å²) < 4.78 is 12.5. The van der Waals surface area contributed by atoms with Gasteiger partial charge in [-0.05, 0) is 50.1 Å². The lowest BCUT2D eigenvalue weighted by molar-refractivity contribution is -0.153. The van der Waals surface area contributed by atoms with Gasteiger partial charge in [0.2, 0.25) is 0 Å². The van der Waals surface area contributed by atoms with Gasteiger partial charge in [-0.25, -0.2) is 4.68 Å². The first-order valence-corrected chi connectivity index (χ1v) is 9.88. The van der Waals surface area contributed by atoms with Crippen molar-refractivity contribution in [1.82, 2.24) is 9.78 Å². The molecule has 0 radical (unpaired) electrons. The number of nitrogens with one attached hydrogen (secondary N) is 1. The molecule has 0 spiro atoms. The van der Waals surface area contributed by atoms with Crippen LogP contribution in [0.2, 0.25) is 0 Å². The lowest BCUT2D eigenvalue weighted by atomic mass is 10.2. The molecule has 1 unspecified atom stereocenters. The molecule has 1 heterocycles. The molecule has 156 valence electrons. The van der Waals surface area contributed by atoms with Crippen molar-refractivity contribution < 1.29 is 19.1 Å². The van der Waals surface area contributed by atoms with Crippen molar-refractivity contribution in [3.8, 4) is 11.4 Å². The minimum atomic E-state index is -0.917. The average Bonchev–Trinajstić information content (AvgIpc) is 3.23. The number of amides is 1. The Morgan fingerprint density at radius 1 is 1.10 bits per heavy atom. The van der Waals surface area contributed by atoms with Crippen LogP contribution in [0.15, 0.2) is 67.0 Å². The number of aryl methyl sites for hydroxylation is 1. The second-order valence-corrected chi connectivity index (χ2v) is 6.68. The zero-order chi connectivity index (χ0) is 21.3. The molecule has 1 amide bonds. The third kappa shape index (κ3) is 5.70. The number of benzene rings is 2. The van der Waals surface area contributed by atoms with Gasteiger partial charge in [-0.1, -0.05) is 30.3 Å². The molecule has 7 heteroatoms. The van der Waals surface area contributed by atoms with E-state index in [-0.39, 0.29) is 6.42 Å². The second-order valence-electron chi connectivity index (χ2n) is 6.68. The van der Waals surface area contributed by atoms with E-state index in [0.29, 0.717) is 24.5 Å². The van der Waals surface area contributed by atoms with E-state index in [2.05, 4.69) is 10.4 Å². The summed E-state index contributed by atoms with van der Waals surface area (Å²) in [7, 11) is 0. The minimum Gasteiger partial charge on any atom is -0.492 e. The molecule has 0 fully saturated rings. The van der Waals surface area contributed by atoms with Crippen molar-refractivity contribution in [3.05, 3.63) is 72.6 Å². The lowest BCUT2D eigenvalue weighted by Gasteiger charge is -2.15. The molecule has 0 aliphatic carbocycles. The average molecular weight is 407 g/mol. The highest BCUT2D eigenvalue weighted by Crippen LogP contribution is 2.24. The Balaban J connectivity index is 1.49. The number of anilines is 1. The standard InChI is InChI=1S/C23H25N3O4/c1-3-29-21-12-8-7-11-20(21)25-23(28)17(2)30-22(27)14-13-18-15-24-26(16-18)19-9-5-4-6-10-19/h4-12,15-17H,3,13-14H2,1-2H3,(H,25,28). The molecule has 0 saturated carbocycles. The minimum absolute atomic E-state index is 0.160. The number of nitrogens with zero attached hydrogens (tertiary/aromatic N) is 2. The first-order chi connectivity index (χ1) is 14.6. The van der Waals surface area contributed by atoms with Gasteiger partial charge in [-0.15, -0.1) is 0 Å². The van der Waals surface area contributed by atoms with Crippen LogP contribution in [0.25, 0.3) is 5.69 Å². The summed E-state index contributed by atoms with van der Waals surface area (Å²) in [5, 5.41) is 7.05. The topological polar surface area (TPSA) is 82.4 Å². The fraction of sp³-hybridized carbons (Fsp3) is 0.261. The van der Waals surface area contributed by atoms with Crippen LogP contribution in [-0.4, -0.2) is 34.4 Å². The van der Waals surface area contributed by atoms with Gasteiger partial charge >= 0.3 is 5.97 Å². The van der Waals surface area contributed by atoms with E-state index in [1.807, 2.05) is 49.5 Å². The van der Waals surface area contributed by atoms with Crippen molar-refractivity contribution in [2.24, 2.45) is 0 Å². The molecule has 0 bridgehead atoms. The number of hydrogen-bond acceptors (Lipinski definition) is 5. The summed E-state index contributed by atoms with van der Waals surface area (Å²) >= 11 is 0. The van der Waals surface area contributed by atoms with E-state index < -0.39 is 18.0 Å². The largest absolute Gasteiger partial charge is 0.492 e. The molecule has 3 aromatic rings. The van der Waals surface area contributed by atoms with Crippen LogP contribution in [0.3, 0.4) is 0 Å². The Morgan fingerprint density at radius 2 is 1.83 bits per heavy atom. The van der Waals surface area contributed by atoms with Crippen molar-refractivity contribution in [3.63, 3.8) is 0 Å². The van der Waals surface area contributed by atoms with Crippen LogP contribution in [0.4, 0.5) is 5.69 Å². The first-order valence-electron chi connectivity index (χ1n) is 9.88. The third-order valence-electron chi connectivity index (χ3n) is 4.40. The van der Waals surface area contributed by atoms with Crippen LogP contribution in [0, 0.1) is 0 Å². The number of aromatic nitrogens is 2. The van der Waals surface area contributed by atoms with E-state index in [9.17, 15) is 9.59 Å². The Morgan fingerprint density at radius 3 is 2.60 bits per heavy atom. The zero-order valence-corrected chi connectivity index (χ0v) is 17.1. The molecule has 0 aliphatic heterocycles. The van der Waals surface area contributed by atoms with E-state index in [0.717, 1.165) is 11.3 Å². The van der Waals surface area contributed by atoms with Crippen LogP contribution < -0.4 is 10.1 Å². The number of rotatable bonds is 9. The van der Waals surface area contributed by atoms with Gasteiger partial charge < -0.3 is 14.8 Å². The van der Waals surface area contributed by atoms with Crippen molar-refractivity contribution in [2.75, 3.05) is 11.9 Å². The van der Waals surface area contributed by atoms with Crippen molar-refractivity contribution in [2.45, 2.75) is 32.8 Å². The fourth-order valence-corrected chi connectivity index (χ4v) is 2.85. The molecule has 7 nitrogen and oxygen atoms in total. The summed E-state index contributed by atoms with van der Waals surface area (Å²) in [6.07, 6.45) is 3.32. The molecule has 3 rings (SSSR count). The maximum Gasteiger partial charge on any atom is 0.306 e. The maximum absolute atomic E-state index is 12.4. The number of carbonyl (C=O) groups excluding carboxylic acids is 2. The molecule has 1 N–H and O–H groups in total. The monoisotopic (exact) mass is 407 g/mol. The van der Waals surface area contributed by atoms with E-state index >= 15 is 0 Å². The van der Waals surface area contributed by atoms with Gasteiger partial charge in [-0.2, -0.15) is 5.10 Å². The highest BCUT2D eigenvalue weighted by Gasteiger charge is 2.19. The molecule has 0 saturated heterocycles. The molecule has 1 aromatic heterocycles. The van der Waals surface area contributed by atoms with E-state index in [1.165, 1.54) is 0 Å². The van der Waals surface area contributed by atoms with Crippen molar-refractivity contribution >= 4 is 17.6 Å². The van der Waals surface area contributed by atoms with Gasteiger partial charge in [0.05, 0.1) is 24.2 Å². The number of ether oxygens (including phenoxy) is 2. The Labute approximate surface area is 175 Å². The van der Waals surface area contributed by atoms with Gasteiger partial charge in [-0.3, -0.25) is 9.59 Å². The zero-order valence-electron chi connectivity index (χ0n) is 17.1. The summed E-state index contributed by atoms with van der Waals surface area (Å²) in [5.41, 5.74) is 2.41. The predicted octanol–water partition coefficient (Wildman–Crippen LogP) is 3.77. The fourth-order valence-electron chi connectivity index (χ4n) is 2.85. The van der Waals surface area contributed by atoms with Crippen LogP contribution in [0.5, 0.6) is 5.75 Å². The smallest absolute Gasteiger partial charge is 0.306 e. The summed E-state index contributed by atoms with van der Waals surface area (Å²) in [5.74, 6) is -0.280. The van der Waals surface area contributed by atoms with Gasteiger partial charge in [0.25, 0.3) is 5.91 Å². The summed E-state index contributed by atoms with van der Waals surface area (Å²) in [6, 6.07) is 16.9. The first kappa shape index (κ1) is 21.1. The Bertz CT molecular complexity index is 985. The Hall–Kier alpha value is -3.61. The highest BCUT2D eigenvalue weighted by molar-refractivity contribution is 5.96. The molecular formula is C23H25N3O4. The van der Waals surface area contributed by atoms with Crippen LogP contribution in [-0.2, 0) is 20.7 Å². The molecule has 0 aliphatic rings. The summed E-state index contributed by atoms with van der Waals surface area (Å²) in [6.45, 7) is 3.90. The lowest BCUT2D eigenvalue weighted by Crippen LogP contribution is -2.30. The van der Waals surface area contributed by atoms with Gasteiger partial charge in [0.15, 0.2) is 6.10 Å². The molecule has 2 aromatic carbocycles. The van der Waals surface area contributed by atoms with E-state index in [1.54, 1.807) is 36.0 Å². The number of esters is 1. The summed E-state index contributed by atoms with van der Waals surface area (Å²) in [4.78, 5) is 24.6. The van der Waals surface area contributed by atoms with Crippen molar-refractivity contribution in [1.29, 1.82) is 0 Å². The quantitative estimate of drug-likeness (QED) is 0.546. The second kappa shape index (κ2) is 10.2. The molecule has 30 heavy (non-hydrogen) atoms. The van der Waals surface area contributed by atoms with Crippen LogP contribution in [0.1, 0.15) is 25.8 Å². The van der Waals surface area contributed by atoms with Gasteiger partial charge in [0, 0.05) is 12.6 Å². The van der Waals surface area contributed by atoms with Gasteiger partial charge in [0.1, 0.15) is 5.75 Å². The maximum atomic E-state index is 12.4. The Kier molecular flexibility index (Phi) is 7.21. The van der Waals surface area contributed by atoms with Crippen LogP contribution >= 0.6 is 0 Å². The SMILES string of the molecule is CCOc1ccccc1NC(=O)C(C)OC(=O)CCc1cnn(-c2ccccc2)c1. The predicted molar refractivity (Wildman–Crippen MR) is 114 cm³/mol.